The molecule has 3 heteroatoms. The van der Waals surface area contributed by atoms with Crippen molar-refractivity contribution in [2.45, 2.75) is 6.42 Å². The first-order valence-corrected chi connectivity index (χ1v) is 14.6. The predicted octanol–water partition coefficient (Wildman–Crippen LogP) is 9.44. The summed E-state index contributed by atoms with van der Waals surface area (Å²) in [6.45, 7) is 0. The Morgan fingerprint density at radius 3 is 1.65 bits per heavy atom. The van der Waals surface area contributed by atoms with Gasteiger partial charge in [-0.2, -0.15) is 0 Å². The van der Waals surface area contributed by atoms with Gasteiger partial charge in [-0.15, -0.1) is 0 Å². The Kier molecular flexibility index (Phi) is 7.12. The van der Waals surface area contributed by atoms with Crippen molar-refractivity contribution in [2.24, 2.45) is 10.7 Å². The summed E-state index contributed by atoms with van der Waals surface area (Å²) in [6, 6.07) is 54.9. The van der Waals surface area contributed by atoms with Crippen LogP contribution >= 0.6 is 0 Å². The van der Waals surface area contributed by atoms with Crippen molar-refractivity contribution >= 4 is 33.3 Å². The molecule has 0 amide bonds. The van der Waals surface area contributed by atoms with Crippen molar-refractivity contribution in [1.29, 1.82) is 0 Å². The Morgan fingerprint density at radius 2 is 1.05 bits per heavy atom. The Labute approximate surface area is 251 Å². The second-order valence-electron chi connectivity index (χ2n) is 10.6. The largest absolute Gasteiger partial charge is 0.383 e. The number of rotatable bonds is 7. The summed E-state index contributed by atoms with van der Waals surface area (Å²) in [5, 5.41) is 2.54. The van der Waals surface area contributed by atoms with Crippen LogP contribution in [-0.2, 0) is 6.42 Å². The van der Waals surface area contributed by atoms with Crippen LogP contribution < -0.4 is 5.73 Å². The molecule has 43 heavy (non-hydrogen) atoms. The second kappa shape index (κ2) is 11.7. The van der Waals surface area contributed by atoms with Crippen LogP contribution in [0, 0.1) is 0 Å². The molecule has 0 aliphatic rings. The number of aromatic nitrogens is 1. The van der Waals surface area contributed by atoms with Crippen LogP contribution in [0.4, 0.5) is 0 Å². The van der Waals surface area contributed by atoms with Gasteiger partial charge in [0.05, 0.1) is 16.7 Å². The summed E-state index contributed by atoms with van der Waals surface area (Å²) >= 11 is 0. The highest BCUT2D eigenvalue weighted by molar-refractivity contribution is 6.09. The number of hydrogen-bond donors (Lipinski definition) is 1. The third-order valence-electron chi connectivity index (χ3n) is 7.90. The number of fused-ring (bicyclic) bond motifs is 3. The SMILES string of the molecule is NC(=N/C(=C\Cc1ccccc1)c1ccc(-c2ccc(-n3c4ccccc4c4ccccc43)cc2)cc1)c1ccccc1. The van der Waals surface area contributed by atoms with Gasteiger partial charge >= 0.3 is 0 Å². The van der Waals surface area contributed by atoms with E-state index in [-0.39, 0.29) is 0 Å². The van der Waals surface area contributed by atoms with Crippen molar-refractivity contribution in [3.63, 3.8) is 0 Å². The van der Waals surface area contributed by atoms with E-state index in [1.165, 1.54) is 27.4 Å². The third-order valence-corrected chi connectivity index (χ3v) is 7.90. The summed E-state index contributed by atoms with van der Waals surface area (Å²) in [7, 11) is 0. The zero-order chi connectivity index (χ0) is 29.0. The lowest BCUT2D eigenvalue weighted by Gasteiger charge is -2.10. The zero-order valence-electron chi connectivity index (χ0n) is 23.8. The lowest BCUT2D eigenvalue weighted by atomic mass is 10.0. The van der Waals surface area contributed by atoms with Crippen LogP contribution in [0.3, 0.4) is 0 Å². The second-order valence-corrected chi connectivity index (χ2v) is 10.6. The van der Waals surface area contributed by atoms with E-state index in [0.29, 0.717) is 5.84 Å². The molecule has 0 radical (unpaired) electrons. The summed E-state index contributed by atoms with van der Waals surface area (Å²) in [5.74, 6) is 0.504. The summed E-state index contributed by atoms with van der Waals surface area (Å²) in [6.07, 6.45) is 2.92. The van der Waals surface area contributed by atoms with E-state index in [9.17, 15) is 0 Å². The Bertz CT molecular complexity index is 2010. The number of amidine groups is 1. The van der Waals surface area contributed by atoms with Gasteiger partial charge in [0.15, 0.2) is 0 Å². The number of aliphatic imine (C=N–C) groups is 1. The highest BCUT2D eigenvalue weighted by atomic mass is 15.0. The fourth-order valence-corrected chi connectivity index (χ4v) is 5.70. The fourth-order valence-electron chi connectivity index (χ4n) is 5.70. The van der Waals surface area contributed by atoms with Crippen LogP contribution in [0.2, 0.25) is 0 Å². The highest BCUT2D eigenvalue weighted by Gasteiger charge is 2.12. The van der Waals surface area contributed by atoms with Gasteiger partial charge in [0, 0.05) is 22.0 Å². The van der Waals surface area contributed by atoms with Crippen LogP contribution in [-0.4, -0.2) is 10.4 Å². The number of para-hydroxylation sites is 2. The predicted molar refractivity (Wildman–Crippen MR) is 182 cm³/mol. The number of hydrogen-bond acceptors (Lipinski definition) is 1. The summed E-state index contributed by atoms with van der Waals surface area (Å²) in [4.78, 5) is 4.88. The van der Waals surface area contributed by atoms with Gasteiger partial charge in [0.25, 0.3) is 0 Å². The van der Waals surface area contributed by atoms with Gasteiger partial charge in [0.2, 0.25) is 0 Å². The van der Waals surface area contributed by atoms with E-state index in [1.807, 2.05) is 36.4 Å². The molecule has 206 valence electrons. The van der Waals surface area contributed by atoms with Gasteiger partial charge in [0.1, 0.15) is 5.84 Å². The van der Waals surface area contributed by atoms with Crippen molar-refractivity contribution in [2.75, 3.05) is 0 Å². The minimum atomic E-state index is 0.504. The van der Waals surface area contributed by atoms with Crippen LogP contribution in [0.5, 0.6) is 0 Å². The molecule has 0 spiro atoms. The van der Waals surface area contributed by atoms with E-state index >= 15 is 0 Å². The van der Waals surface area contributed by atoms with Crippen molar-refractivity contribution in [3.05, 3.63) is 180 Å². The number of nitrogens with zero attached hydrogens (tertiary/aromatic N) is 2. The molecule has 2 N–H and O–H groups in total. The smallest absolute Gasteiger partial charge is 0.131 e. The van der Waals surface area contributed by atoms with Crippen LogP contribution in [0.25, 0.3) is 44.3 Å². The fraction of sp³-hybridized carbons (Fsp3) is 0.0250. The first-order chi connectivity index (χ1) is 21.2. The molecule has 6 aromatic carbocycles. The van der Waals surface area contributed by atoms with Crippen molar-refractivity contribution in [3.8, 4) is 16.8 Å². The maximum absolute atomic E-state index is 6.45. The minimum Gasteiger partial charge on any atom is -0.383 e. The van der Waals surface area contributed by atoms with Gasteiger partial charge in [-0.1, -0.05) is 140 Å². The number of nitrogens with two attached hydrogens (primary N) is 1. The normalized spacial score (nSPS) is 12.2. The van der Waals surface area contributed by atoms with Gasteiger partial charge in [-0.3, -0.25) is 0 Å². The molecule has 7 aromatic rings. The maximum atomic E-state index is 6.45. The van der Waals surface area contributed by atoms with E-state index in [0.717, 1.165) is 40.1 Å². The number of allylic oxidation sites excluding steroid dienone is 1. The molecule has 7 rings (SSSR count). The van der Waals surface area contributed by atoms with E-state index < -0.39 is 0 Å². The molecule has 0 unspecified atom stereocenters. The number of benzene rings is 6. The van der Waals surface area contributed by atoms with Crippen LogP contribution in [0.1, 0.15) is 16.7 Å². The molecule has 0 aliphatic carbocycles. The molecule has 0 saturated carbocycles. The quantitative estimate of drug-likeness (QED) is 0.155. The molecule has 3 nitrogen and oxygen atoms in total. The molecular weight excluding hydrogens is 522 g/mol. The maximum Gasteiger partial charge on any atom is 0.131 e. The first kappa shape index (κ1) is 26.2. The average Bonchev–Trinajstić information content (AvgIpc) is 3.42. The molecule has 0 saturated heterocycles. The van der Waals surface area contributed by atoms with Crippen LogP contribution in [0.15, 0.2) is 169 Å². The Hall–Kier alpha value is -5.67. The zero-order valence-corrected chi connectivity index (χ0v) is 23.8. The summed E-state index contributed by atoms with van der Waals surface area (Å²) < 4.78 is 2.34. The lowest BCUT2D eigenvalue weighted by Crippen LogP contribution is -2.13. The van der Waals surface area contributed by atoms with E-state index in [4.69, 9.17) is 10.7 Å². The molecule has 0 aliphatic heterocycles. The van der Waals surface area contributed by atoms with Gasteiger partial charge in [-0.05, 0) is 52.9 Å². The molecule has 0 fully saturated rings. The Morgan fingerprint density at radius 1 is 0.535 bits per heavy atom. The average molecular weight is 554 g/mol. The van der Waals surface area contributed by atoms with Crippen molar-refractivity contribution < 1.29 is 0 Å². The van der Waals surface area contributed by atoms with E-state index in [1.54, 1.807) is 0 Å². The van der Waals surface area contributed by atoms with Gasteiger partial charge < -0.3 is 10.3 Å². The molecule has 1 aromatic heterocycles. The molecule has 0 atom stereocenters. The molecule has 1 heterocycles. The monoisotopic (exact) mass is 553 g/mol. The first-order valence-electron chi connectivity index (χ1n) is 14.6. The van der Waals surface area contributed by atoms with E-state index in [2.05, 4.69) is 132 Å². The standard InChI is InChI=1S/C40H31N3/c41-40(33-13-5-2-6-14-33)42-37(28-19-29-11-3-1-4-12-29)32-22-20-30(21-23-32)31-24-26-34(27-25-31)43-38-17-9-7-15-35(38)36-16-8-10-18-39(36)43/h1-18,20-28H,19H2,(H2,41,42)/b37-28-. The van der Waals surface area contributed by atoms with Crippen molar-refractivity contribution in [1.82, 2.24) is 4.57 Å². The topological polar surface area (TPSA) is 43.3 Å². The third kappa shape index (κ3) is 5.37. The summed E-state index contributed by atoms with van der Waals surface area (Å²) in [5.41, 5.74) is 16.4. The Balaban J connectivity index is 1.20. The van der Waals surface area contributed by atoms with Gasteiger partial charge in [-0.25, -0.2) is 4.99 Å². The lowest BCUT2D eigenvalue weighted by molar-refractivity contribution is 1.18. The molecule has 0 bridgehead atoms. The molecular formula is C40H31N3. The minimum absolute atomic E-state index is 0.504. The highest BCUT2D eigenvalue weighted by Crippen LogP contribution is 2.33.